The number of nitriles is 1. The molecule has 0 bridgehead atoms. The van der Waals surface area contributed by atoms with Gasteiger partial charge in [-0.2, -0.15) is 10.4 Å². The lowest BCUT2D eigenvalue weighted by Crippen LogP contribution is -2.51. The minimum atomic E-state index is -1.80. The van der Waals surface area contributed by atoms with Crippen LogP contribution in [-0.2, 0) is 19.0 Å². The molecule has 0 saturated carbocycles. The number of morpholine rings is 1. The fourth-order valence-electron chi connectivity index (χ4n) is 5.12. The molecule has 3 N–H and O–H groups in total. The van der Waals surface area contributed by atoms with E-state index in [0.717, 1.165) is 13.1 Å². The van der Waals surface area contributed by atoms with Gasteiger partial charge in [0.15, 0.2) is 11.5 Å². The van der Waals surface area contributed by atoms with Crippen LogP contribution in [0.25, 0.3) is 5.52 Å². The molecule has 5 rings (SSSR count). The van der Waals surface area contributed by atoms with Gasteiger partial charge < -0.3 is 29.0 Å². The summed E-state index contributed by atoms with van der Waals surface area (Å²) in [7, 11) is 1.31. The summed E-state index contributed by atoms with van der Waals surface area (Å²) in [6, 6.07) is 15.9. The van der Waals surface area contributed by atoms with Crippen LogP contribution in [0.3, 0.4) is 0 Å². The first-order chi connectivity index (χ1) is 23.6. The van der Waals surface area contributed by atoms with Crippen molar-refractivity contribution in [3.05, 3.63) is 72.1 Å². The molecule has 1 aliphatic rings. The summed E-state index contributed by atoms with van der Waals surface area (Å²) < 4.78 is 29.6. The van der Waals surface area contributed by atoms with Gasteiger partial charge in [0.2, 0.25) is 0 Å². The van der Waals surface area contributed by atoms with Gasteiger partial charge in [-0.15, -0.1) is 0 Å². The monoisotopic (exact) mass is 673 g/mol. The van der Waals surface area contributed by atoms with Crippen molar-refractivity contribution >= 4 is 34.6 Å². The molecule has 2 aromatic heterocycles. The highest BCUT2D eigenvalue weighted by Gasteiger charge is 2.40. The molecule has 1 saturated heterocycles. The average Bonchev–Trinajstić information content (AvgIpc) is 3.44. The van der Waals surface area contributed by atoms with Gasteiger partial charge in [0.1, 0.15) is 18.4 Å². The summed E-state index contributed by atoms with van der Waals surface area (Å²) in [6.07, 6.45) is 2.53. The molecule has 258 valence electrons. The number of nitrogens with zero attached hydrogens (tertiary/aromatic N) is 5. The zero-order valence-electron chi connectivity index (χ0n) is 27.8. The van der Waals surface area contributed by atoms with Crippen LogP contribution in [0, 0.1) is 18.3 Å². The molecule has 0 aliphatic carbocycles. The van der Waals surface area contributed by atoms with E-state index in [1.165, 1.54) is 20.2 Å². The van der Waals surface area contributed by atoms with E-state index < -0.39 is 17.8 Å². The standard InChI is InChI=1S/C34H39N7O8/c1-5-41(44)32(42)34(3,45-4)49-29-9-7-6-8-28(29)48-26-12-10-25(11-13-26)37-30-24(20-35)21-36-40-22-27(23(2)31(30)40)38-33(43)47-19-16-39-14-17-46-18-15-39/h6-13,21-22,37,44H,5,14-19H2,1-4H3,(H,38,43). The fourth-order valence-corrected chi connectivity index (χ4v) is 5.12. The van der Waals surface area contributed by atoms with Gasteiger partial charge in [0.05, 0.1) is 48.1 Å². The van der Waals surface area contributed by atoms with E-state index in [9.17, 15) is 20.1 Å². The van der Waals surface area contributed by atoms with Gasteiger partial charge in [-0.1, -0.05) is 12.1 Å². The third kappa shape index (κ3) is 8.19. The summed E-state index contributed by atoms with van der Waals surface area (Å²) in [5.74, 6) is -1.58. The van der Waals surface area contributed by atoms with Crippen molar-refractivity contribution in [3.8, 4) is 23.3 Å². The summed E-state index contributed by atoms with van der Waals surface area (Å²) in [5, 5.41) is 30.8. The van der Waals surface area contributed by atoms with E-state index in [2.05, 4.69) is 26.7 Å². The molecule has 2 aromatic carbocycles. The second kappa shape index (κ2) is 15.7. The second-order valence-electron chi connectivity index (χ2n) is 11.2. The van der Waals surface area contributed by atoms with Crippen LogP contribution in [0.5, 0.6) is 17.2 Å². The molecular formula is C34H39N7O8. The number of aryl methyl sites for hydroxylation is 1. The predicted molar refractivity (Wildman–Crippen MR) is 178 cm³/mol. The Bertz CT molecular complexity index is 1820. The van der Waals surface area contributed by atoms with Gasteiger partial charge >= 0.3 is 12.0 Å². The number of likely N-dealkylation sites (N-methyl/N-ethyl adjacent to an activating group) is 1. The first-order valence-electron chi connectivity index (χ1n) is 15.7. The molecule has 0 radical (unpaired) electrons. The number of anilines is 3. The summed E-state index contributed by atoms with van der Waals surface area (Å²) in [6.45, 7) is 8.71. The Labute approximate surface area is 283 Å². The van der Waals surface area contributed by atoms with E-state index in [0.29, 0.717) is 70.0 Å². The number of carbonyl (C=O) groups excluding carboxylic acids is 2. The van der Waals surface area contributed by atoms with Crippen molar-refractivity contribution in [2.75, 3.05) is 63.7 Å². The number of hydrogen-bond acceptors (Lipinski definition) is 12. The minimum Gasteiger partial charge on any atom is -0.453 e. The van der Waals surface area contributed by atoms with Gasteiger partial charge in [-0.3, -0.25) is 20.2 Å². The van der Waals surface area contributed by atoms with Crippen molar-refractivity contribution in [3.63, 3.8) is 0 Å². The third-order valence-corrected chi connectivity index (χ3v) is 7.98. The highest BCUT2D eigenvalue weighted by Crippen LogP contribution is 2.36. The number of methoxy groups -OCH3 is 1. The van der Waals surface area contributed by atoms with Gasteiger partial charge in [0.25, 0.3) is 5.79 Å². The number of hydroxylamine groups is 2. The molecule has 3 heterocycles. The summed E-state index contributed by atoms with van der Waals surface area (Å²) in [4.78, 5) is 27.5. The normalized spacial score (nSPS) is 14.4. The molecule has 1 fully saturated rings. The molecular weight excluding hydrogens is 634 g/mol. The van der Waals surface area contributed by atoms with Crippen molar-refractivity contribution in [1.29, 1.82) is 5.26 Å². The Morgan fingerprint density at radius 1 is 1.14 bits per heavy atom. The number of benzene rings is 2. The van der Waals surface area contributed by atoms with Gasteiger partial charge in [0, 0.05) is 51.5 Å². The van der Waals surface area contributed by atoms with E-state index in [1.54, 1.807) is 66.2 Å². The number of carbonyl (C=O) groups is 2. The first-order valence-corrected chi connectivity index (χ1v) is 15.7. The number of nitrogens with one attached hydrogen (secondary N) is 2. The largest absolute Gasteiger partial charge is 0.453 e. The van der Waals surface area contributed by atoms with E-state index in [-0.39, 0.29) is 18.9 Å². The van der Waals surface area contributed by atoms with Crippen LogP contribution in [-0.4, -0.2) is 95.7 Å². The molecule has 15 nitrogen and oxygen atoms in total. The lowest BCUT2D eigenvalue weighted by atomic mass is 10.1. The Hall–Kier alpha value is -5.40. The van der Waals surface area contributed by atoms with E-state index >= 15 is 0 Å². The number of hydrogen-bond donors (Lipinski definition) is 3. The lowest BCUT2D eigenvalue weighted by Gasteiger charge is -2.30. The average molecular weight is 674 g/mol. The molecule has 0 spiro atoms. The maximum absolute atomic E-state index is 12.7. The Morgan fingerprint density at radius 3 is 2.53 bits per heavy atom. The number of aromatic nitrogens is 2. The predicted octanol–water partition coefficient (Wildman–Crippen LogP) is 4.91. The maximum atomic E-state index is 12.7. The smallest absolute Gasteiger partial charge is 0.411 e. The topological polar surface area (TPSA) is 172 Å². The van der Waals surface area contributed by atoms with Crippen molar-refractivity contribution in [2.45, 2.75) is 26.6 Å². The van der Waals surface area contributed by atoms with Crippen molar-refractivity contribution < 1.29 is 38.5 Å². The molecule has 49 heavy (non-hydrogen) atoms. The molecule has 4 aromatic rings. The summed E-state index contributed by atoms with van der Waals surface area (Å²) in [5.41, 5.74) is 3.26. The Kier molecular flexibility index (Phi) is 11.2. The lowest BCUT2D eigenvalue weighted by molar-refractivity contribution is -0.217. The van der Waals surface area contributed by atoms with Crippen molar-refractivity contribution in [2.24, 2.45) is 0 Å². The molecule has 1 unspecified atom stereocenters. The van der Waals surface area contributed by atoms with Crippen LogP contribution in [0.2, 0.25) is 0 Å². The SMILES string of the molecule is CCN(O)C(=O)C(C)(OC)Oc1ccccc1Oc1ccc(Nc2c(C#N)cnn3cc(NC(=O)OCCN4CCOCC4)c(C)c23)cc1. The fraction of sp³-hybridized carbons (Fsp3) is 0.353. The summed E-state index contributed by atoms with van der Waals surface area (Å²) >= 11 is 0. The van der Waals surface area contributed by atoms with E-state index in [4.69, 9.17) is 23.7 Å². The number of rotatable bonds is 13. The third-order valence-electron chi connectivity index (χ3n) is 7.98. The number of fused-ring (bicyclic) bond motifs is 1. The minimum absolute atomic E-state index is 0.0490. The highest BCUT2D eigenvalue weighted by molar-refractivity contribution is 5.93. The van der Waals surface area contributed by atoms with Crippen LogP contribution >= 0.6 is 0 Å². The molecule has 1 aliphatic heterocycles. The quantitative estimate of drug-likeness (QED) is 0.0996. The van der Waals surface area contributed by atoms with E-state index in [1.807, 2.05) is 6.92 Å². The molecule has 2 amide bonds. The first kappa shape index (κ1) is 34.9. The van der Waals surface area contributed by atoms with Crippen molar-refractivity contribution in [1.82, 2.24) is 19.6 Å². The molecule has 1 atom stereocenters. The van der Waals surface area contributed by atoms with Gasteiger partial charge in [-0.25, -0.2) is 14.4 Å². The van der Waals surface area contributed by atoms with Gasteiger partial charge in [-0.05, 0) is 50.2 Å². The van der Waals surface area contributed by atoms with Crippen LogP contribution in [0.4, 0.5) is 21.9 Å². The zero-order valence-corrected chi connectivity index (χ0v) is 27.8. The maximum Gasteiger partial charge on any atom is 0.411 e. The molecule has 15 heteroatoms. The zero-order chi connectivity index (χ0) is 35.0. The van der Waals surface area contributed by atoms with Crippen LogP contribution in [0.15, 0.2) is 60.9 Å². The second-order valence-corrected chi connectivity index (χ2v) is 11.2. The number of amides is 2. The van der Waals surface area contributed by atoms with Crippen LogP contribution < -0.4 is 20.1 Å². The Morgan fingerprint density at radius 2 is 1.86 bits per heavy atom. The highest BCUT2D eigenvalue weighted by atomic mass is 16.7. The Balaban J connectivity index is 1.29. The number of para-hydroxylation sites is 2. The number of ether oxygens (including phenoxy) is 5. The van der Waals surface area contributed by atoms with Crippen LogP contribution in [0.1, 0.15) is 25.0 Å².